The summed E-state index contributed by atoms with van der Waals surface area (Å²) in [6, 6.07) is 5.43. The van der Waals surface area contributed by atoms with Gasteiger partial charge in [0.05, 0.1) is 19.5 Å². The fourth-order valence-corrected chi connectivity index (χ4v) is 2.62. The molecule has 0 saturated carbocycles. The minimum atomic E-state index is -0.785. The maximum absolute atomic E-state index is 10.5. The van der Waals surface area contributed by atoms with Crippen molar-refractivity contribution < 1.29 is 19.0 Å². The van der Waals surface area contributed by atoms with Gasteiger partial charge in [0.1, 0.15) is 11.9 Å². The molecular weight excluding hydrogens is 336 g/mol. The Kier molecular flexibility index (Phi) is 5.31. The van der Waals surface area contributed by atoms with Crippen LogP contribution in [0.3, 0.4) is 0 Å². The van der Waals surface area contributed by atoms with Gasteiger partial charge in [-0.15, -0.1) is 0 Å². The predicted octanol–water partition coefficient (Wildman–Crippen LogP) is 4.23. The van der Waals surface area contributed by atoms with E-state index in [0.29, 0.717) is 35.8 Å². The van der Waals surface area contributed by atoms with Crippen LogP contribution in [0.2, 0.25) is 0 Å². The zero-order valence-electron chi connectivity index (χ0n) is 12.4. The summed E-state index contributed by atoms with van der Waals surface area (Å²) in [7, 11) is 0. The van der Waals surface area contributed by atoms with Gasteiger partial charge < -0.3 is 19.0 Å². The number of ether oxygens (including phenoxy) is 2. The maximum atomic E-state index is 10.5. The summed E-state index contributed by atoms with van der Waals surface area (Å²) >= 11 is 3.48. The lowest BCUT2D eigenvalue weighted by Gasteiger charge is -2.16. The summed E-state index contributed by atoms with van der Waals surface area (Å²) in [5, 5.41) is 10.5. The normalized spacial score (nSPS) is 12.2. The quantitative estimate of drug-likeness (QED) is 0.843. The third-order valence-electron chi connectivity index (χ3n) is 3.02. The topological polar surface area (TPSA) is 51.8 Å². The number of hydrogen-bond donors (Lipinski definition) is 1. The predicted molar refractivity (Wildman–Crippen MR) is 84.0 cm³/mol. The molecular formula is C16H19BrO4. The summed E-state index contributed by atoms with van der Waals surface area (Å²) in [6.45, 7) is 6.75. The van der Waals surface area contributed by atoms with Crippen LogP contribution in [-0.2, 0) is 0 Å². The number of aryl methyl sites for hydroxylation is 1. The van der Waals surface area contributed by atoms with Gasteiger partial charge in [-0.25, -0.2) is 0 Å². The number of aliphatic hydroxyl groups is 1. The first-order valence-electron chi connectivity index (χ1n) is 6.88. The number of hydrogen-bond acceptors (Lipinski definition) is 4. The second-order valence-electron chi connectivity index (χ2n) is 4.58. The Morgan fingerprint density at radius 3 is 2.29 bits per heavy atom. The first-order chi connectivity index (χ1) is 10.1. The summed E-state index contributed by atoms with van der Waals surface area (Å²) in [4.78, 5) is 0. The second-order valence-corrected chi connectivity index (χ2v) is 5.43. The molecule has 0 radical (unpaired) electrons. The molecule has 114 valence electrons. The van der Waals surface area contributed by atoms with E-state index in [1.807, 2.05) is 32.9 Å². The zero-order chi connectivity index (χ0) is 15.4. The largest absolute Gasteiger partial charge is 0.490 e. The molecule has 0 amide bonds. The maximum Gasteiger partial charge on any atom is 0.162 e. The molecule has 0 aliphatic rings. The lowest BCUT2D eigenvalue weighted by molar-refractivity contribution is 0.217. The van der Waals surface area contributed by atoms with Crippen molar-refractivity contribution in [1.29, 1.82) is 0 Å². The fourth-order valence-electron chi connectivity index (χ4n) is 2.08. The third kappa shape index (κ3) is 3.60. The second kappa shape index (κ2) is 7.00. The van der Waals surface area contributed by atoms with Crippen molar-refractivity contribution in [3.05, 3.63) is 45.8 Å². The number of rotatable bonds is 6. The number of aliphatic hydroxyl groups excluding tert-OH is 1. The van der Waals surface area contributed by atoms with E-state index in [0.717, 1.165) is 10.2 Å². The highest BCUT2D eigenvalue weighted by Crippen LogP contribution is 2.38. The molecule has 2 rings (SSSR count). The van der Waals surface area contributed by atoms with Crippen molar-refractivity contribution in [3.63, 3.8) is 0 Å². The molecule has 1 aromatic carbocycles. The van der Waals surface area contributed by atoms with Crippen molar-refractivity contribution in [1.82, 2.24) is 0 Å². The van der Waals surface area contributed by atoms with Gasteiger partial charge in [0.15, 0.2) is 11.5 Å². The van der Waals surface area contributed by atoms with Crippen LogP contribution < -0.4 is 9.47 Å². The summed E-state index contributed by atoms with van der Waals surface area (Å²) in [5.41, 5.74) is 1.42. The van der Waals surface area contributed by atoms with Gasteiger partial charge in [0.2, 0.25) is 0 Å². The molecule has 4 nitrogen and oxygen atoms in total. The van der Waals surface area contributed by atoms with Crippen LogP contribution in [-0.4, -0.2) is 18.3 Å². The summed E-state index contributed by atoms with van der Waals surface area (Å²) in [6.07, 6.45) is 0.773. The smallest absolute Gasteiger partial charge is 0.162 e. The van der Waals surface area contributed by atoms with Crippen LogP contribution in [0.4, 0.5) is 0 Å². The number of benzene rings is 1. The SMILES string of the molecule is CCOc1cc(Br)c(C(O)c2coc(C)c2)cc1OCC. The van der Waals surface area contributed by atoms with Crippen LogP contribution in [0, 0.1) is 6.92 Å². The average molecular weight is 355 g/mol. The van der Waals surface area contributed by atoms with Crippen LogP contribution in [0.1, 0.15) is 36.8 Å². The minimum absolute atomic E-state index is 0.530. The molecule has 0 saturated heterocycles. The van der Waals surface area contributed by atoms with E-state index < -0.39 is 6.10 Å². The van der Waals surface area contributed by atoms with Crippen molar-refractivity contribution in [2.75, 3.05) is 13.2 Å². The van der Waals surface area contributed by atoms with Crippen molar-refractivity contribution in [2.45, 2.75) is 26.9 Å². The molecule has 0 fully saturated rings. The lowest BCUT2D eigenvalue weighted by Crippen LogP contribution is -2.04. The number of furan rings is 1. The molecule has 5 heteroatoms. The average Bonchev–Trinajstić information content (AvgIpc) is 2.88. The highest BCUT2D eigenvalue weighted by molar-refractivity contribution is 9.10. The highest BCUT2D eigenvalue weighted by Gasteiger charge is 2.19. The van der Waals surface area contributed by atoms with E-state index >= 15 is 0 Å². The van der Waals surface area contributed by atoms with Crippen molar-refractivity contribution in [3.8, 4) is 11.5 Å². The Morgan fingerprint density at radius 1 is 1.14 bits per heavy atom. The standard InChI is InChI=1S/C16H19BrO4/c1-4-19-14-7-12(13(17)8-15(14)20-5-2)16(18)11-6-10(3)21-9-11/h6-9,16,18H,4-5H2,1-3H3. The number of halogens is 1. The Balaban J connectivity index is 2.40. The van der Waals surface area contributed by atoms with Crippen molar-refractivity contribution in [2.24, 2.45) is 0 Å². The van der Waals surface area contributed by atoms with Gasteiger partial charge in [0.25, 0.3) is 0 Å². The Morgan fingerprint density at radius 2 is 1.76 bits per heavy atom. The van der Waals surface area contributed by atoms with Gasteiger partial charge in [-0.2, -0.15) is 0 Å². The van der Waals surface area contributed by atoms with Gasteiger partial charge in [-0.05, 0) is 39.0 Å². The van der Waals surface area contributed by atoms with Crippen LogP contribution >= 0.6 is 15.9 Å². The van der Waals surface area contributed by atoms with Gasteiger partial charge in [0, 0.05) is 15.6 Å². The molecule has 1 N–H and O–H groups in total. The molecule has 0 aliphatic carbocycles. The molecule has 1 atom stereocenters. The first-order valence-corrected chi connectivity index (χ1v) is 7.68. The van der Waals surface area contributed by atoms with Gasteiger partial charge in [-0.1, -0.05) is 15.9 Å². The third-order valence-corrected chi connectivity index (χ3v) is 3.71. The van der Waals surface area contributed by atoms with E-state index in [1.165, 1.54) is 0 Å². The minimum Gasteiger partial charge on any atom is -0.490 e. The Hall–Kier alpha value is -1.46. The molecule has 0 aliphatic heterocycles. The molecule has 1 heterocycles. The fraction of sp³-hybridized carbons (Fsp3) is 0.375. The Labute approximate surface area is 132 Å². The van der Waals surface area contributed by atoms with E-state index in [4.69, 9.17) is 13.9 Å². The highest BCUT2D eigenvalue weighted by atomic mass is 79.9. The summed E-state index contributed by atoms with van der Waals surface area (Å²) < 4.78 is 17.2. The monoisotopic (exact) mass is 354 g/mol. The molecule has 21 heavy (non-hydrogen) atoms. The van der Waals surface area contributed by atoms with Gasteiger partial charge >= 0.3 is 0 Å². The van der Waals surface area contributed by atoms with Crippen LogP contribution in [0.25, 0.3) is 0 Å². The van der Waals surface area contributed by atoms with Crippen molar-refractivity contribution >= 4 is 15.9 Å². The van der Waals surface area contributed by atoms with Gasteiger partial charge in [-0.3, -0.25) is 0 Å². The first kappa shape index (κ1) is 15.9. The zero-order valence-corrected chi connectivity index (χ0v) is 13.9. The van der Waals surface area contributed by atoms with E-state index in [1.54, 1.807) is 12.3 Å². The molecule has 2 aromatic rings. The molecule has 1 unspecified atom stereocenters. The molecule has 1 aromatic heterocycles. The summed E-state index contributed by atoms with van der Waals surface area (Å²) in [5.74, 6) is 2.04. The molecule has 0 bridgehead atoms. The van der Waals surface area contributed by atoms with E-state index in [9.17, 15) is 5.11 Å². The van der Waals surface area contributed by atoms with Crippen LogP contribution in [0.5, 0.6) is 11.5 Å². The van der Waals surface area contributed by atoms with E-state index in [-0.39, 0.29) is 0 Å². The molecule has 0 spiro atoms. The van der Waals surface area contributed by atoms with Crippen LogP contribution in [0.15, 0.2) is 33.4 Å². The lowest BCUT2D eigenvalue weighted by atomic mass is 10.0. The Bertz CT molecular complexity index is 606. The van der Waals surface area contributed by atoms with E-state index in [2.05, 4.69) is 15.9 Å².